The molecule has 4 rings (SSSR count). The average molecular weight is 334 g/mol. The van der Waals surface area contributed by atoms with E-state index < -0.39 is 6.10 Å². The molecule has 3 aliphatic carbocycles. The van der Waals surface area contributed by atoms with Gasteiger partial charge in [0.1, 0.15) is 5.76 Å². The van der Waals surface area contributed by atoms with E-state index in [4.69, 9.17) is 9.26 Å². The largest absolute Gasteiger partial charge is 0.389 e. The van der Waals surface area contributed by atoms with Crippen LogP contribution in [0.1, 0.15) is 38.1 Å². The molecule has 0 aliphatic heterocycles. The van der Waals surface area contributed by atoms with E-state index in [2.05, 4.69) is 25.1 Å². The summed E-state index contributed by atoms with van der Waals surface area (Å²) >= 11 is 0. The van der Waals surface area contributed by atoms with Gasteiger partial charge in [-0.05, 0) is 49.6 Å². The molecule has 0 aromatic carbocycles. The minimum atomic E-state index is -0.491. The van der Waals surface area contributed by atoms with Crippen molar-refractivity contribution in [1.82, 2.24) is 10.1 Å². The Kier molecular flexibility index (Phi) is 5.13. The minimum Gasteiger partial charge on any atom is -0.389 e. The van der Waals surface area contributed by atoms with Gasteiger partial charge in [-0.1, -0.05) is 25.1 Å². The van der Waals surface area contributed by atoms with Gasteiger partial charge in [-0.2, -0.15) is 0 Å². The number of aliphatic hydroxyl groups is 1. The second-order valence-corrected chi connectivity index (χ2v) is 8.12. The van der Waals surface area contributed by atoms with Crippen LogP contribution in [-0.4, -0.2) is 48.1 Å². The van der Waals surface area contributed by atoms with Gasteiger partial charge < -0.3 is 14.4 Å². The van der Waals surface area contributed by atoms with Crippen molar-refractivity contribution in [2.75, 3.05) is 26.8 Å². The Morgan fingerprint density at radius 1 is 1.50 bits per heavy atom. The van der Waals surface area contributed by atoms with Crippen LogP contribution in [0.2, 0.25) is 0 Å². The van der Waals surface area contributed by atoms with Crippen LogP contribution in [-0.2, 0) is 11.3 Å². The van der Waals surface area contributed by atoms with Crippen LogP contribution in [0.25, 0.3) is 0 Å². The summed E-state index contributed by atoms with van der Waals surface area (Å²) in [6.45, 7) is 8.87. The van der Waals surface area contributed by atoms with Crippen molar-refractivity contribution in [2.45, 2.75) is 46.3 Å². The molecule has 5 heteroatoms. The van der Waals surface area contributed by atoms with E-state index in [1.807, 2.05) is 24.9 Å². The van der Waals surface area contributed by atoms with Crippen LogP contribution in [0.5, 0.6) is 0 Å². The van der Waals surface area contributed by atoms with Gasteiger partial charge in [0, 0.05) is 19.2 Å². The van der Waals surface area contributed by atoms with Crippen LogP contribution >= 0.6 is 0 Å². The molecule has 1 aromatic heterocycles. The average Bonchev–Trinajstić information content (AvgIpc) is 2.92. The molecule has 24 heavy (non-hydrogen) atoms. The van der Waals surface area contributed by atoms with Gasteiger partial charge in [0.2, 0.25) is 0 Å². The van der Waals surface area contributed by atoms with Crippen LogP contribution < -0.4 is 0 Å². The summed E-state index contributed by atoms with van der Waals surface area (Å²) in [5.74, 6) is 2.33. The summed E-state index contributed by atoms with van der Waals surface area (Å²) in [4.78, 5) is 2.03. The Balaban J connectivity index is 1.37. The molecular formula is C19H30N2O3. The van der Waals surface area contributed by atoms with Crippen molar-refractivity contribution < 1.29 is 14.4 Å². The fourth-order valence-corrected chi connectivity index (χ4v) is 4.20. The summed E-state index contributed by atoms with van der Waals surface area (Å²) in [5.41, 5.74) is 2.75. The van der Waals surface area contributed by atoms with Crippen LogP contribution in [0.3, 0.4) is 0 Å². The molecule has 0 saturated heterocycles. The van der Waals surface area contributed by atoms with Crippen LogP contribution in [0, 0.1) is 24.2 Å². The van der Waals surface area contributed by atoms with Gasteiger partial charge in [0.25, 0.3) is 0 Å². The van der Waals surface area contributed by atoms with Crippen LogP contribution in [0.15, 0.2) is 22.2 Å². The molecule has 134 valence electrons. The number of allylic oxidation sites excluding steroid dienone is 1. The van der Waals surface area contributed by atoms with Crippen LogP contribution in [0.4, 0.5) is 0 Å². The molecule has 1 N–H and O–H groups in total. The zero-order valence-corrected chi connectivity index (χ0v) is 15.3. The lowest BCUT2D eigenvalue weighted by atomic mass is 9.49. The number of ether oxygens (including phenoxy) is 1. The fourth-order valence-electron chi connectivity index (χ4n) is 4.20. The quantitative estimate of drug-likeness (QED) is 0.741. The molecule has 0 spiro atoms. The monoisotopic (exact) mass is 334 g/mol. The van der Waals surface area contributed by atoms with Crippen molar-refractivity contribution >= 4 is 0 Å². The molecule has 2 bridgehead atoms. The van der Waals surface area contributed by atoms with Crippen molar-refractivity contribution in [3.8, 4) is 0 Å². The number of rotatable bonds is 8. The Morgan fingerprint density at radius 2 is 2.29 bits per heavy atom. The maximum atomic E-state index is 10.2. The van der Waals surface area contributed by atoms with E-state index in [0.717, 1.165) is 17.4 Å². The molecule has 1 fully saturated rings. The number of hydrogen-bond donors (Lipinski definition) is 1. The first-order chi connectivity index (χ1) is 11.4. The Labute approximate surface area is 144 Å². The maximum absolute atomic E-state index is 10.2. The molecule has 1 saturated carbocycles. The van der Waals surface area contributed by atoms with E-state index in [9.17, 15) is 5.11 Å². The fraction of sp³-hybridized carbons (Fsp3) is 0.737. The Hall–Kier alpha value is -1.17. The number of likely N-dealkylation sites (N-methyl/N-ethyl adjacent to an activating group) is 1. The Bertz CT molecular complexity index is 593. The highest BCUT2D eigenvalue weighted by molar-refractivity contribution is 5.23. The number of hydrogen-bond acceptors (Lipinski definition) is 5. The molecule has 3 aliphatic rings. The first kappa shape index (κ1) is 17.6. The second-order valence-electron chi connectivity index (χ2n) is 8.12. The zero-order chi connectivity index (χ0) is 17.3. The van der Waals surface area contributed by atoms with Gasteiger partial charge in [-0.15, -0.1) is 0 Å². The maximum Gasteiger partial charge on any atom is 0.133 e. The number of aromatic nitrogens is 1. The smallest absolute Gasteiger partial charge is 0.133 e. The second kappa shape index (κ2) is 6.98. The van der Waals surface area contributed by atoms with E-state index in [1.54, 1.807) is 0 Å². The summed E-state index contributed by atoms with van der Waals surface area (Å²) in [7, 11) is 1.97. The molecule has 1 aromatic rings. The summed E-state index contributed by atoms with van der Waals surface area (Å²) in [5, 5.41) is 14.2. The molecule has 3 atom stereocenters. The van der Waals surface area contributed by atoms with Gasteiger partial charge in [-0.25, -0.2) is 0 Å². The summed E-state index contributed by atoms with van der Waals surface area (Å²) in [6, 6.07) is 1.92. The van der Waals surface area contributed by atoms with Crippen molar-refractivity contribution in [1.29, 1.82) is 0 Å². The molecule has 0 unspecified atom stereocenters. The lowest BCUT2D eigenvalue weighted by Gasteiger charge is -2.56. The van der Waals surface area contributed by atoms with Crippen molar-refractivity contribution in [3.63, 3.8) is 0 Å². The third kappa shape index (κ3) is 3.73. The number of nitrogens with zero attached hydrogens (tertiary/aromatic N) is 2. The number of fused-ring (bicyclic) bond motifs is 1. The normalized spacial score (nSPS) is 26.2. The highest BCUT2D eigenvalue weighted by Gasteiger charge is 2.50. The van der Waals surface area contributed by atoms with E-state index in [1.165, 1.54) is 18.4 Å². The number of aliphatic hydroxyl groups excluding tert-OH is 1. The van der Waals surface area contributed by atoms with Gasteiger partial charge in [0.05, 0.1) is 25.0 Å². The molecule has 1 heterocycles. The van der Waals surface area contributed by atoms with E-state index in [0.29, 0.717) is 37.6 Å². The zero-order valence-electron chi connectivity index (χ0n) is 15.3. The first-order valence-corrected chi connectivity index (χ1v) is 8.91. The molecular weight excluding hydrogens is 304 g/mol. The van der Waals surface area contributed by atoms with Gasteiger partial charge >= 0.3 is 0 Å². The third-order valence-corrected chi connectivity index (χ3v) is 5.79. The van der Waals surface area contributed by atoms with Crippen molar-refractivity contribution in [2.24, 2.45) is 17.3 Å². The lowest BCUT2D eigenvalue weighted by Crippen LogP contribution is -2.48. The molecule has 5 nitrogen and oxygen atoms in total. The van der Waals surface area contributed by atoms with Crippen molar-refractivity contribution in [3.05, 3.63) is 29.2 Å². The summed E-state index contributed by atoms with van der Waals surface area (Å²) in [6.07, 6.45) is 4.36. The predicted molar refractivity (Wildman–Crippen MR) is 92.5 cm³/mol. The van der Waals surface area contributed by atoms with E-state index >= 15 is 0 Å². The summed E-state index contributed by atoms with van der Waals surface area (Å²) < 4.78 is 10.9. The van der Waals surface area contributed by atoms with E-state index in [-0.39, 0.29) is 0 Å². The van der Waals surface area contributed by atoms with Gasteiger partial charge in [-0.3, -0.25) is 4.90 Å². The molecule has 0 radical (unpaired) electrons. The number of aryl methyl sites for hydroxylation is 1. The highest BCUT2D eigenvalue weighted by atomic mass is 16.5. The predicted octanol–water partition coefficient (Wildman–Crippen LogP) is 2.78. The lowest BCUT2D eigenvalue weighted by molar-refractivity contribution is -0.0257. The standard InChI is InChI=1S/C19H30N2O3/c1-13-7-16(20-24-13)9-21(4)10-17(22)12-23-11-14-5-6-15-8-18(14)19(15,2)3/h5,7,15,17-18,22H,6,8-12H2,1-4H3/t15-,17-,18+/m1/s1. The highest BCUT2D eigenvalue weighted by Crippen LogP contribution is 2.59. The first-order valence-electron chi connectivity index (χ1n) is 8.91. The Morgan fingerprint density at radius 3 is 2.92 bits per heavy atom. The molecule has 0 amide bonds. The SMILES string of the molecule is Cc1cc(CN(C)C[C@@H](O)COCC2=CC[C@@H]3C[C@@H]2C3(C)C)no1. The third-order valence-electron chi connectivity index (χ3n) is 5.79. The van der Waals surface area contributed by atoms with Gasteiger partial charge in [0.15, 0.2) is 0 Å². The minimum absolute atomic E-state index is 0.371. The topological polar surface area (TPSA) is 58.7 Å².